The quantitative estimate of drug-likeness (QED) is 0.107. The topological polar surface area (TPSA) is 135 Å². The molecule has 198 valence electrons. The van der Waals surface area contributed by atoms with Gasteiger partial charge in [-0.2, -0.15) is 0 Å². The van der Waals surface area contributed by atoms with Gasteiger partial charge in [-0.3, -0.25) is 14.4 Å². The second-order valence-corrected chi connectivity index (χ2v) is 9.56. The molecule has 0 saturated carbocycles. The van der Waals surface area contributed by atoms with Crippen LogP contribution in [0.1, 0.15) is 49.2 Å². The maximum atomic E-state index is 12.9. The van der Waals surface area contributed by atoms with E-state index in [2.05, 4.69) is 21.1 Å². The number of aliphatic imine (C=N–C) groups is 1. The molecule has 5 N–H and O–H groups in total. The molecule has 1 unspecified atom stereocenters. The Kier molecular flexibility index (Phi) is 9.72. The van der Waals surface area contributed by atoms with Gasteiger partial charge < -0.3 is 20.8 Å². The summed E-state index contributed by atoms with van der Waals surface area (Å²) >= 11 is 0. The molecule has 3 aromatic carbocycles. The van der Waals surface area contributed by atoms with E-state index in [-0.39, 0.29) is 13.0 Å². The van der Waals surface area contributed by atoms with E-state index in [1.165, 1.54) is 6.34 Å². The minimum atomic E-state index is -0.662. The third-order valence-corrected chi connectivity index (χ3v) is 5.33. The predicted molar refractivity (Wildman–Crippen MR) is 147 cm³/mol. The van der Waals surface area contributed by atoms with Crippen molar-refractivity contribution in [2.75, 3.05) is 6.54 Å². The van der Waals surface area contributed by atoms with Gasteiger partial charge in [-0.05, 0) is 61.7 Å². The summed E-state index contributed by atoms with van der Waals surface area (Å²) in [4.78, 5) is 42.2. The molecule has 0 aliphatic heterocycles. The molecule has 0 heterocycles. The lowest BCUT2D eigenvalue weighted by Crippen LogP contribution is -2.39. The van der Waals surface area contributed by atoms with E-state index in [0.29, 0.717) is 11.3 Å². The maximum Gasteiger partial charge on any atom is 0.308 e. The monoisotopic (exact) mass is 515 g/mol. The summed E-state index contributed by atoms with van der Waals surface area (Å²) < 4.78 is 5.50. The molecule has 2 amide bonds. The molecular formula is C29H33N5O4. The molecule has 0 spiro atoms. The summed E-state index contributed by atoms with van der Waals surface area (Å²) in [5, 5.41) is 5.48. The van der Waals surface area contributed by atoms with Gasteiger partial charge in [0.25, 0.3) is 5.91 Å². The minimum absolute atomic E-state index is 0.0651. The summed E-state index contributed by atoms with van der Waals surface area (Å²) in [6.45, 7) is 5.09. The number of hydrazine groups is 1. The normalized spacial score (nSPS) is 12.0. The molecule has 38 heavy (non-hydrogen) atoms. The molecule has 0 bridgehead atoms. The lowest BCUT2D eigenvalue weighted by atomic mass is 9.97. The zero-order valence-corrected chi connectivity index (χ0v) is 21.7. The van der Waals surface area contributed by atoms with Gasteiger partial charge in [0.1, 0.15) is 11.9 Å². The number of nitrogens with one attached hydrogen (secondary N) is 3. The van der Waals surface area contributed by atoms with E-state index in [4.69, 9.17) is 10.6 Å². The molecule has 1 atom stereocenters. The number of benzene rings is 3. The number of nitrogens with zero attached hydrogens (tertiary/aromatic N) is 1. The Hall–Kier alpha value is -4.50. The van der Waals surface area contributed by atoms with Crippen LogP contribution in [0.15, 0.2) is 83.9 Å². The van der Waals surface area contributed by atoms with Crippen molar-refractivity contribution in [1.29, 1.82) is 0 Å². The molecule has 3 rings (SSSR count). The van der Waals surface area contributed by atoms with E-state index < -0.39 is 29.4 Å². The average molecular weight is 516 g/mol. The highest BCUT2D eigenvalue weighted by Crippen LogP contribution is 2.26. The zero-order valence-electron chi connectivity index (χ0n) is 21.7. The van der Waals surface area contributed by atoms with Gasteiger partial charge in [-0.25, -0.2) is 10.8 Å². The van der Waals surface area contributed by atoms with E-state index in [9.17, 15) is 14.4 Å². The second kappa shape index (κ2) is 13.2. The van der Waals surface area contributed by atoms with Gasteiger partial charge >= 0.3 is 5.97 Å². The number of esters is 1. The first-order valence-electron chi connectivity index (χ1n) is 12.2. The summed E-state index contributed by atoms with van der Waals surface area (Å²) in [6, 6.07) is 23.4. The van der Waals surface area contributed by atoms with Crippen LogP contribution in [0.4, 0.5) is 5.69 Å². The molecule has 0 radical (unpaired) electrons. The fourth-order valence-corrected chi connectivity index (χ4v) is 3.71. The third kappa shape index (κ3) is 8.86. The first-order valence-corrected chi connectivity index (χ1v) is 12.2. The highest BCUT2D eigenvalue weighted by atomic mass is 16.6. The number of carbonyl (C=O) groups excluding carboxylic acids is 3. The number of hydrogen-bond donors (Lipinski definition) is 4. The number of carbonyl (C=O) groups is 3. The van der Waals surface area contributed by atoms with E-state index in [1.54, 1.807) is 45.0 Å². The molecule has 0 aliphatic rings. The fraction of sp³-hybridized carbons (Fsp3) is 0.241. The highest BCUT2D eigenvalue weighted by molar-refractivity contribution is 5.97. The van der Waals surface area contributed by atoms with Crippen molar-refractivity contribution >= 4 is 29.8 Å². The van der Waals surface area contributed by atoms with Crippen molar-refractivity contribution < 1.29 is 19.1 Å². The van der Waals surface area contributed by atoms with Crippen LogP contribution in [0.25, 0.3) is 11.1 Å². The predicted octanol–water partition coefficient (Wildman–Crippen LogP) is 3.80. The fourth-order valence-electron chi connectivity index (χ4n) is 3.71. The van der Waals surface area contributed by atoms with Crippen LogP contribution in [0, 0.1) is 0 Å². The van der Waals surface area contributed by atoms with Crippen molar-refractivity contribution in [2.24, 2.45) is 10.8 Å². The van der Waals surface area contributed by atoms with Gasteiger partial charge in [-0.1, -0.05) is 54.6 Å². The van der Waals surface area contributed by atoms with Crippen LogP contribution >= 0.6 is 0 Å². The lowest BCUT2D eigenvalue weighted by Gasteiger charge is -2.23. The van der Waals surface area contributed by atoms with E-state index in [0.717, 1.165) is 16.7 Å². The standard InChI is InChI=1S/C29H33N5O4/c1-29(2,3)38-27(36)17-25(22-12-7-11-21(15-22)20-9-5-4-6-10-20)34-26(35)18-31-28(37)23-13-8-14-24(16-23)32-19-33-30/h4-16,19,25H,17-18,30H2,1-3H3,(H,31,37)(H,32,33)(H,34,35). The molecule has 0 aliphatic carbocycles. The number of nitrogens with two attached hydrogens (primary N) is 1. The lowest BCUT2D eigenvalue weighted by molar-refractivity contribution is -0.155. The first-order chi connectivity index (χ1) is 18.1. The zero-order chi connectivity index (χ0) is 27.5. The van der Waals surface area contributed by atoms with Gasteiger partial charge in [-0.15, -0.1) is 0 Å². The minimum Gasteiger partial charge on any atom is -0.460 e. The van der Waals surface area contributed by atoms with Crippen LogP contribution in [-0.4, -0.2) is 36.3 Å². The third-order valence-electron chi connectivity index (χ3n) is 5.33. The molecular weight excluding hydrogens is 482 g/mol. The molecule has 0 aromatic heterocycles. The number of ether oxygens (including phenoxy) is 1. The summed E-state index contributed by atoms with van der Waals surface area (Å²) in [6.07, 6.45) is 1.23. The largest absolute Gasteiger partial charge is 0.460 e. The number of rotatable bonds is 10. The molecule has 0 saturated heterocycles. The SMILES string of the molecule is CC(C)(C)OC(=O)CC(NC(=O)CNC(=O)c1cccc(N=CNN)c1)c1cccc(-c2ccccc2)c1. The van der Waals surface area contributed by atoms with Crippen molar-refractivity contribution in [3.05, 3.63) is 90.0 Å². The van der Waals surface area contributed by atoms with E-state index >= 15 is 0 Å². The average Bonchev–Trinajstić information content (AvgIpc) is 2.90. The molecule has 9 heteroatoms. The Bertz CT molecular complexity index is 1290. The Balaban J connectivity index is 1.73. The van der Waals surface area contributed by atoms with Gasteiger partial charge in [0.15, 0.2) is 0 Å². The van der Waals surface area contributed by atoms with Crippen molar-refractivity contribution in [3.8, 4) is 11.1 Å². The van der Waals surface area contributed by atoms with Gasteiger partial charge in [0.2, 0.25) is 5.91 Å². The van der Waals surface area contributed by atoms with Gasteiger partial charge in [0.05, 0.1) is 24.7 Å². The summed E-state index contributed by atoms with van der Waals surface area (Å²) in [5.41, 5.74) is 5.21. The van der Waals surface area contributed by atoms with Gasteiger partial charge in [0, 0.05) is 5.56 Å². The highest BCUT2D eigenvalue weighted by Gasteiger charge is 2.23. The van der Waals surface area contributed by atoms with Crippen LogP contribution in [0.5, 0.6) is 0 Å². The van der Waals surface area contributed by atoms with E-state index in [1.807, 2.05) is 54.6 Å². The second-order valence-electron chi connectivity index (χ2n) is 9.56. The Morgan fingerprint density at radius 3 is 2.37 bits per heavy atom. The van der Waals surface area contributed by atoms with Crippen LogP contribution in [0.3, 0.4) is 0 Å². The van der Waals surface area contributed by atoms with Crippen molar-refractivity contribution in [2.45, 2.75) is 38.8 Å². The summed E-state index contributed by atoms with van der Waals surface area (Å²) in [7, 11) is 0. The first kappa shape index (κ1) is 28.1. The maximum absolute atomic E-state index is 12.9. The molecule has 0 fully saturated rings. The smallest absolute Gasteiger partial charge is 0.308 e. The van der Waals surface area contributed by atoms with Crippen molar-refractivity contribution in [1.82, 2.24) is 16.1 Å². The Morgan fingerprint density at radius 1 is 0.947 bits per heavy atom. The van der Waals surface area contributed by atoms with Crippen molar-refractivity contribution in [3.63, 3.8) is 0 Å². The van der Waals surface area contributed by atoms with Crippen LogP contribution in [0.2, 0.25) is 0 Å². The number of hydrogen-bond acceptors (Lipinski definition) is 6. The summed E-state index contributed by atoms with van der Waals surface area (Å²) in [5.74, 6) is 3.86. The van der Waals surface area contributed by atoms with Crippen LogP contribution in [-0.2, 0) is 14.3 Å². The number of amides is 2. The van der Waals surface area contributed by atoms with Crippen LogP contribution < -0.4 is 21.9 Å². The Morgan fingerprint density at radius 2 is 1.66 bits per heavy atom. The molecule has 3 aromatic rings. The Labute approximate surface area is 222 Å². The molecule has 9 nitrogen and oxygen atoms in total.